The number of rotatable bonds is 16. The minimum absolute atomic E-state index is 0.0137. The molecular formula is C34H53N5O4. The standard InChI is InChI=1S/C34H53N5O4/c1-26(6-4-20-40)39-31-8-7-28(23-32(31)36(3)33(39)42)22-27-11-18-37(19-12-27)29(10-16-35-25-41)13-21-43-24-30-9-15-34(2)14-5-17-38(30)34/h7-8,20,23,25-27,29-30H,4-6,9-19,21-22,24H2,1-3H3,(H,35,41)/t26?,29?,30?,34-/m0/s1. The third-order valence-electron chi connectivity index (χ3n) is 10.9. The summed E-state index contributed by atoms with van der Waals surface area (Å²) >= 11 is 0. The van der Waals surface area contributed by atoms with E-state index in [2.05, 4.69) is 40.2 Å². The molecule has 43 heavy (non-hydrogen) atoms. The summed E-state index contributed by atoms with van der Waals surface area (Å²) in [7, 11) is 1.84. The molecule has 4 heterocycles. The Kier molecular flexibility index (Phi) is 10.8. The van der Waals surface area contributed by atoms with Crippen LogP contribution in [0.4, 0.5) is 0 Å². The molecule has 3 fully saturated rings. The molecule has 3 saturated heterocycles. The van der Waals surface area contributed by atoms with Crippen LogP contribution in [-0.4, -0.2) is 88.6 Å². The molecule has 3 aliphatic rings. The van der Waals surface area contributed by atoms with E-state index in [0.29, 0.717) is 42.9 Å². The van der Waals surface area contributed by atoms with Gasteiger partial charge in [0.25, 0.3) is 0 Å². The molecule has 9 heteroatoms. The molecule has 2 aromatic rings. The Labute approximate surface area is 256 Å². The lowest BCUT2D eigenvalue weighted by atomic mass is 9.89. The Hall–Kier alpha value is -2.49. The molecule has 1 N–H and O–H groups in total. The van der Waals surface area contributed by atoms with Crippen LogP contribution in [0.5, 0.6) is 0 Å². The Balaban J connectivity index is 1.13. The molecule has 238 valence electrons. The number of aromatic nitrogens is 2. The van der Waals surface area contributed by atoms with Crippen LogP contribution in [0, 0.1) is 5.92 Å². The molecule has 0 bridgehead atoms. The highest BCUT2D eigenvalue weighted by molar-refractivity contribution is 5.77. The minimum Gasteiger partial charge on any atom is -0.380 e. The molecule has 1 aromatic carbocycles. The summed E-state index contributed by atoms with van der Waals surface area (Å²) in [6, 6.07) is 7.43. The maximum Gasteiger partial charge on any atom is 0.329 e. The SMILES string of the molecule is CC(CCC=O)n1c(=O)n(C)c2cc(CC3CCN(C(CCNC=O)CCOCC4CC[C@]5(C)CCCN45)CC3)ccc21. The average molecular weight is 596 g/mol. The number of carbonyl (C=O) groups excluding carboxylic acids is 2. The average Bonchev–Trinajstić information content (AvgIpc) is 3.62. The van der Waals surface area contributed by atoms with Gasteiger partial charge in [-0.05, 0) is 121 Å². The summed E-state index contributed by atoms with van der Waals surface area (Å²) in [5.41, 5.74) is 3.58. The highest BCUT2D eigenvalue weighted by Gasteiger charge is 2.45. The first-order valence-corrected chi connectivity index (χ1v) is 16.7. The molecule has 1 aromatic heterocycles. The first-order chi connectivity index (χ1) is 20.8. The number of benzene rings is 1. The van der Waals surface area contributed by atoms with E-state index in [1.54, 1.807) is 4.57 Å². The fourth-order valence-corrected chi connectivity index (χ4v) is 8.26. The second-order valence-corrected chi connectivity index (χ2v) is 13.7. The van der Waals surface area contributed by atoms with Gasteiger partial charge in [-0.25, -0.2) is 4.79 Å². The van der Waals surface area contributed by atoms with Crippen LogP contribution in [0.1, 0.15) is 89.7 Å². The fraction of sp³-hybridized carbons (Fsp3) is 0.735. The smallest absolute Gasteiger partial charge is 0.329 e. The number of fused-ring (bicyclic) bond motifs is 2. The van der Waals surface area contributed by atoms with Gasteiger partial charge in [0.2, 0.25) is 6.41 Å². The van der Waals surface area contributed by atoms with Crippen molar-refractivity contribution in [1.29, 1.82) is 0 Å². The van der Waals surface area contributed by atoms with Crippen molar-refractivity contribution in [3.05, 3.63) is 34.2 Å². The predicted molar refractivity (Wildman–Crippen MR) is 170 cm³/mol. The van der Waals surface area contributed by atoms with Crippen LogP contribution in [0.3, 0.4) is 0 Å². The summed E-state index contributed by atoms with van der Waals surface area (Å²) in [5, 5.41) is 2.87. The van der Waals surface area contributed by atoms with E-state index >= 15 is 0 Å². The molecule has 1 amide bonds. The van der Waals surface area contributed by atoms with Gasteiger partial charge >= 0.3 is 5.69 Å². The van der Waals surface area contributed by atoms with Crippen LogP contribution in [0.25, 0.3) is 11.0 Å². The van der Waals surface area contributed by atoms with Crippen molar-refractivity contribution in [1.82, 2.24) is 24.3 Å². The van der Waals surface area contributed by atoms with Crippen LogP contribution >= 0.6 is 0 Å². The van der Waals surface area contributed by atoms with Crippen LogP contribution in [0.2, 0.25) is 0 Å². The van der Waals surface area contributed by atoms with Gasteiger partial charge in [-0.1, -0.05) is 6.07 Å². The zero-order chi connectivity index (χ0) is 30.4. The largest absolute Gasteiger partial charge is 0.380 e. The molecule has 4 atom stereocenters. The van der Waals surface area contributed by atoms with Crippen molar-refractivity contribution in [3.8, 4) is 0 Å². The monoisotopic (exact) mass is 595 g/mol. The number of likely N-dealkylation sites (tertiary alicyclic amines) is 1. The number of aldehydes is 1. The Bertz CT molecular complexity index is 1280. The summed E-state index contributed by atoms with van der Waals surface area (Å²) in [6.45, 7) is 10.1. The second kappa shape index (κ2) is 14.5. The number of nitrogens with zero attached hydrogens (tertiary/aromatic N) is 4. The zero-order valence-electron chi connectivity index (χ0n) is 26.6. The van der Waals surface area contributed by atoms with E-state index < -0.39 is 0 Å². The Morgan fingerprint density at radius 2 is 1.88 bits per heavy atom. The van der Waals surface area contributed by atoms with E-state index in [-0.39, 0.29) is 11.7 Å². The van der Waals surface area contributed by atoms with Gasteiger partial charge in [-0.15, -0.1) is 0 Å². The summed E-state index contributed by atoms with van der Waals surface area (Å²) in [6.07, 6.45) is 13.3. The van der Waals surface area contributed by atoms with Gasteiger partial charge in [0, 0.05) is 50.3 Å². The quantitative estimate of drug-likeness (QED) is 0.233. The zero-order valence-corrected chi connectivity index (χ0v) is 26.6. The van der Waals surface area contributed by atoms with Crippen molar-refractivity contribution in [2.75, 3.05) is 39.4 Å². The lowest BCUT2D eigenvalue weighted by Crippen LogP contribution is -2.44. The van der Waals surface area contributed by atoms with Crippen molar-refractivity contribution in [2.24, 2.45) is 13.0 Å². The predicted octanol–water partition coefficient (Wildman–Crippen LogP) is 4.06. The third-order valence-corrected chi connectivity index (χ3v) is 10.9. The number of carbonyl (C=O) groups is 2. The summed E-state index contributed by atoms with van der Waals surface area (Å²) in [5.74, 6) is 0.612. The molecule has 0 aliphatic carbocycles. The number of hydrogen-bond acceptors (Lipinski definition) is 6. The molecule has 5 rings (SSSR count). The fourth-order valence-electron chi connectivity index (χ4n) is 8.26. The van der Waals surface area contributed by atoms with Gasteiger partial charge in [0.15, 0.2) is 0 Å². The minimum atomic E-state index is -0.0179. The summed E-state index contributed by atoms with van der Waals surface area (Å²) in [4.78, 5) is 40.1. The van der Waals surface area contributed by atoms with Crippen molar-refractivity contribution < 1.29 is 14.3 Å². The number of piperidine rings is 1. The van der Waals surface area contributed by atoms with Crippen LogP contribution < -0.4 is 11.0 Å². The Morgan fingerprint density at radius 1 is 1.07 bits per heavy atom. The maximum absolute atomic E-state index is 13.0. The van der Waals surface area contributed by atoms with Crippen LogP contribution in [0.15, 0.2) is 23.0 Å². The third kappa shape index (κ3) is 7.26. The molecule has 0 radical (unpaired) electrons. The Morgan fingerprint density at radius 3 is 2.65 bits per heavy atom. The number of ether oxygens (including phenoxy) is 1. The number of nitrogens with one attached hydrogen (secondary N) is 1. The van der Waals surface area contributed by atoms with E-state index in [4.69, 9.17) is 4.74 Å². The van der Waals surface area contributed by atoms with Crippen molar-refractivity contribution >= 4 is 23.7 Å². The van der Waals surface area contributed by atoms with Crippen molar-refractivity contribution in [2.45, 2.75) is 108 Å². The summed E-state index contributed by atoms with van der Waals surface area (Å²) < 4.78 is 9.87. The van der Waals surface area contributed by atoms with Crippen molar-refractivity contribution in [3.63, 3.8) is 0 Å². The molecule has 0 spiro atoms. The van der Waals surface area contributed by atoms with E-state index in [0.717, 1.165) is 82.1 Å². The van der Waals surface area contributed by atoms with Gasteiger partial charge in [0.1, 0.15) is 6.29 Å². The molecule has 3 aliphatic heterocycles. The van der Waals surface area contributed by atoms with Gasteiger partial charge < -0.3 is 19.7 Å². The van der Waals surface area contributed by atoms with Gasteiger partial charge in [0.05, 0.1) is 17.6 Å². The molecule has 9 nitrogen and oxygen atoms in total. The number of aryl methyl sites for hydroxylation is 1. The highest BCUT2D eigenvalue weighted by Crippen LogP contribution is 2.41. The maximum atomic E-state index is 13.0. The lowest BCUT2D eigenvalue weighted by molar-refractivity contribution is -0.109. The second-order valence-electron chi connectivity index (χ2n) is 13.7. The first-order valence-electron chi connectivity index (χ1n) is 16.7. The lowest BCUT2D eigenvalue weighted by Gasteiger charge is -2.38. The van der Waals surface area contributed by atoms with E-state index in [1.165, 1.54) is 37.8 Å². The van der Waals surface area contributed by atoms with Gasteiger partial charge in [-0.2, -0.15) is 0 Å². The topological polar surface area (TPSA) is 88.8 Å². The van der Waals surface area contributed by atoms with Gasteiger partial charge in [-0.3, -0.25) is 18.8 Å². The molecule has 3 unspecified atom stereocenters. The molecule has 0 saturated carbocycles. The highest BCUT2D eigenvalue weighted by atomic mass is 16.5. The van der Waals surface area contributed by atoms with Crippen LogP contribution in [-0.2, 0) is 27.8 Å². The van der Waals surface area contributed by atoms with E-state index in [1.807, 2.05) is 18.5 Å². The number of amides is 1. The number of imidazole rings is 1. The van der Waals surface area contributed by atoms with E-state index in [9.17, 15) is 14.4 Å². The normalized spacial score (nSPS) is 24.8. The molecular weight excluding hydrogens is 542 g/mol. The number of hydrogen-bond donors (Lipinski definition) is 1. The first kappa shape index (κ1) is 31.9.